The van der Waals surface area contributed by atoms with Crippen molar-refractivity contribution >= 4 is 16.1 Å². The highest BCUT2D eigenvalue weighted by Crippen LogP contribution is 2.10. The lowest BCUT2D eigenvalue weighted by atomic mass is 10.4. The van der Waals surface area contributed by atoms with Crippen molar-refractivity contribution in [3.05, 3.63) is 30.3 Å². The Morgan fingerprint density at radius 3 is 2.41 bits per heavy atom. The Hall–Kier alpha value is -1.44. The number of benzene rings is 1. The van der Waals surface area contributed by atoms with E-state index < -0.39 is 22.7 Å². The second-order valence-electron chi connectivity index (χ2n) is 3.04. The molecular weight excluding hydrogens is 248 g/mol. The van der Waals surface area contributed by atoms with Crippen LogP contribution >= 0.6 is 0 Å². The maximum Gasteiger partial charge on any atom is 0.329 e. The Kier molecular flexibility index (Phi) is 5.08. The van der Waals surface area contributed by atoms with Crippen LogP contribution in [0.1, 0.15) is 0 Å². The summed E-state index contributed by atoms with van der Waals surface area (Å²) in [4.78, 5) is 10.2. The maximum atomic E-state index is 11.5. The summed E-state index contributed by atoms with van der Waals surface area (Å²) in [6.07, 6.45) is 0. The summed E-state index contributed by atoms with van der Waals surface area (Å²) in [5.74, 6) is -1.11. The first kappa shape index (κ1) is 13.6. The number of carboxylic acid groups (broad SMARTS) is 1. The molecule has 0 saturated heterocycles. The lowest BCUT2D eigenvalue weighted by Gasteiger charge is -2.05. The van der Waals surface area contributed by atoms with Crippen molar-refractivity contribution in [2.75, 3.05) is 19.8 Å². The lowest BCUT2D eigenvalue weighted by molar-refractivity contribution is -0.142. The highest BCUT2D eigenvalue weighted by atomic mass is 32.2. The van der Waals surface area contributed by atoms with Gasteiger partial charge in [0.25, 0.3) is 10.1 Å². The second kappa shape index (κ2) is 6.33. The topological polar surface area (TPSA) is 89.9 Å². The largest absolute Gasteiger partial charge is 0.480 e. The molecule has 7 heteroatoms. The van der Waals surface area contributed by atoms with Gasteiger partial charge in [-0.2, -0.15) is 8.42 Å². The van der Waals surface area contributed by atoms with Gasteiger partial charge in [0, 0.05) is 0 Å². The summed E-state index contributed by atoms with van der Waals surface area (Å²) in [5, 5.41) is 8.27. The molecule has 0 unspecified atom stereocenters. The van der Waals surface area contributed by atoms with Crippen LogP contribution in [0.4, 0.5) is 0 Å². The first-order chi connectivity index (χ1) is 8.02. The van der Waals surface area contributed by atoms with Crippen LogP contribution in [-0.4, -0.2) is 39.3 Å². The standard InChI is InChI=1S/C10H12O6S/c11-10(12)8-15-6-7-16-17(13,14)9-4-2-1-3-5-9/h1-5H,6-8H2,(H,11,12). The van der Waals surface area contributed by atoms with E-state index >= 15 is 0 Å². The van der Waals surface area contributed by atoms with E-state index in [1.807, 2.05) is 0 Å². The van der Waals surface area contributed by atoms with Gasteiger partial charge in [-0.25, -0.2) is 4.79 Å². The Bertz CT molecular complexity index is 453. The molecule has 94 valence electrons. The van der Waals surface area contributed by atoms with Gasteiger partial charge in [-0.15, -0.1) is 0 Å². The number of hydrogen-bond donors (Lipinski definition) is 1. The number of rotatable bonds is 7. The highest BCUT2D eigenvalue weighted by molar-refractivity contribution is 7.86. The average molecular weight is 260 g/mol. The second-order valence-corrected chi connectivity index (χ2v) is 4.65. The summed E-state index contributed by atoms with van der Waals surface area (Å²) < 4.78 is 32.4. The molecule has 0 aromatic heterocycles. The summed E-state index contributed by atoms with van der Waals surface area (Å²) in [5.41, 5.74) is 0. The normalized spacial score (nSPS) is 11.3. The summed E-state index contributed by atoms with van der Waals surface area (Å²) >= 11 is 0. The zero-order valence-electron chi connectivity index (χ0n) is 8.90. The van der Waals surface area contributed by atoms with E-state index in [-0.39, 0.29) is 18.1 Å². The van der Waals surface area contributed by atoms with E-state index in [9.17, 15) is 13.2 Å². The number of carboxylic acids is 1. The average Bonchev–Trinajstić information content (AvgIpc) is 2.29. The third-order valence-electron chi connectivity index (χ3n) is 1.72. The van der Waals surface area contributed by atoms with Gasteiger partial charge in [0.2, 0.25) is 0 Å². The minimum atomic E-state index is -3.79. The molecule has 0 radical (unpaired) electrons. The Balaban J connectivity index is 2.39. The maximum absolute atomic E-state index is 11.5. The van der Waals surface area contributed by atoms with Gasteiger partial charge < -0.3 is 9.84 Å². The van der Waals surface area contributed by atoms with Gasteiger partial charge in [0.15, 0.2) is 0 Å². The van der Waals surface area contributed by atoms with E-state index in [0.29, 0.717) is 0 Å². The molecule has 0 heterocycles. The van der Waals surface area contributed by atoms with Crippen LogP contribution < -0.4 is 0 Å². The van der Waals surface area contributed by atoms with Crippen LogP contribution in [-0.2, 0) is 23.8 Å². The minimum absolute atomic E-state index is 0.0539. The first-order valence-electron chi connectivity index (χ1n) is 4.76. The van der Waals surface area contributed by atoms with Crippen LogP contribution in [0.5, 0.6) is 0 Å². The monoisotopic (exact) mass is 260 g/mol. The van der Waals surface area contributed by atoms with Gasteiger partial charge in [-0.05, 0) is 12.1 Å². The Labute approximate surface area is 98.9 Å². The molecule has 0 saturated carbocycles. The van der Waals surface area contributed by atoms with Crippen molar-refractivity contribution in [2.45, 2.75) is 4.90 Å². The Morgan fingerprint density at radius 2 is 1.82 bits per heavy atom. The molecule has 0 amide bonds. The predicted molar refractivity (Wildman–Crippen MR) is 58.0 cm³/mol. The van der Waals surface area contributed by atoms with E-state index in [0.717, 1.165) is 0 Å². The number of hydrogen-bond acceptors (Lipinski definition) is 5. The van der Waals surface area contributed by atoms with Gasteiger partial charge in [0.05, 0.1) is 18.1 Å². The van der Waals surface area contributed by atoms with E-state index in [4.69, 9.17) is 5.11 Å². The third kappa shape index (κ3) is 4.94. The van der Waals surface area contributed by atoms with Gasteiger partial charge in [-0.3, -0.25) is 4.18 Å². The first-order valence-corrected chi connectivity index (χ1v) is 6.17. The zero-order chi connectivity index (χ0) is 12.7. The van der Waals surface area contributed by atoms with Crippen LogP contribution in [0.3, 0.4) is 0 Å². The molecule has 0 atom stereocenters. The van der Waals surface area contributed by atoms with E-state index in [1.54, 1.807) is 18.2 Å². The molecule has 1 N–H and O–H groups in total. The molecular formula is C10H12O6S. The molecule has 6 nitrogen and oxygen atoms in total. The predicted octanol–water partition coefficient (Wildman–Crippen LogP) is 0.493. The van der Waals surface area contributed by atoms with E-state index in [2.05, 4.69) is 8.92 Å². The van der Waals surface area contributed by atoms with Gasteiger partial charge >= 0.3 is 5.97 Å². The summed E-state index contributed by atoms with van der Waals surface area (Å²) in [6, 6.07) is 7.67. The molecule has 0 aliphatic rings. The smallest absolute Gasteiger partial charge is 0.329 e. The van der Waals surface area contributed by atoms with Gasteiger partial charge in [0.1, 0.15) is 6.61 Å². The van der Waals surface area contributed by atoms with Crippen molar-refractivity contribution in [2.24, 2.45) is 0 Å². The molecule has 1 aromatic rings. The lowest BCUT2D eigenvalue weighted by Crippen LogP contribution is -2.14. The van der Waals surface area contributed by atoms with Crippen molar-refractivity contribution in [3.63, 3.8) is 0 Å². The number of carbonyl (C=O) groups is 1. The zero-order valence-corrected chi connectivity index (χ0v) is 9.72. The van der Waals surface area contributed by atoms with E-state index in [1.165, 1.54) is 12.1 Å². The molecule has 0 fully saturated rings. The number of ether oxygens (including phenoxy) is 1. The highest BCUT2D eigenvalue weighted by Gasteiger charge is 2.13. The fourth-order valence-corrected chi connectivity index (χ4v) is 1.93. The molecule has 0 aliphatic heterocycles. The quantitative estimate of drug-likeness (QED) is 0.567. The van der Waals surface area contributed by atoms with Crippen molar-refractivity contribution < 1.29 is 27.2 Å². The summed E-state index contributed by atoms with van der Waals surface area (Å²) in [6.45, 7) is -0.794. The fraction of sp³-hybridized carbons (Fsp3) is 0.300. The molecule has 0 spiro atoms. The molecule has 1 rings (SSSR count). The SMILES string of the molecule is O=C(O)COCCOS(=O)(=O)c1ccccc1. The molecule has 17 heavy (non-hydrogen) atoms. The minimum Gasteiger partial charge on any atom is -0.480 e. The van der Waals surface area contributed by atoms with Crippen molar-refractivity contribution in [1.82, 2.24) is 0 Å². The molecule has 0 aliphatic carbocycles. The van der Waals surface area contributed by atoms with Gasteiger partial charge in [-0.1, -0.05) is 18.2 Å². The van der Waals surface area contributed by atoms with Crippen molar-refractivity contribution in [3.8, 4) is 0 Å². The van der Waals surface area contributed by atoms with Crippen molar-refractivity contribution in [1.29, 1.82) is 0 Å². The Morgan fingerprint density at radius 1 is 1.18 bits per heavy atom. The van der Waals surface area contributed by atoms with Crippen LogP contribution in [0.2, 0.25) is 0 Å². The summed E-state index contributed by atoms with van der Waals surface area (Å²) in [7, 11) is -3.79. The third-order valence-corrected chi connectivity index (χ3v) is 3.05. The van der Waals surface area contributed by atoms with Crippen LogP contribution in [0.25, 0.3) is 0 Å². The van der Waals surface area contributed by atoms with Crippen LogP contribution in [0, 0.1) is 0 Å². The van der Waals surface area contributed by atoms with Crippen LogP contribution in [0.15, 0.2) is 35.2 Å². The molecule has 0 bridgehead atoms. The number of aliphatic carboxylic acids is 1. The fourth-order valence-electron chi connectivity index (χ4n) is 1.02. The molecule has 1 aromatic carbocycles.